The Morgan fingerprint density at radius 3 is 2.68 bits per heavy atom. The van der Waals surface area contributed by atoms with E-state index in [1.807, 2.05) is 50.4 Å². The van der Waals surface area contributed by atoms with E-state index in [1.165, 1.54) is 0 Å². The van der Waals surface area contributed by atoms with Crippen molar-refractivity contribution in [3.63, 3.8) is 0 Å². The molecule has 0 spiro atoms. The highest BCUT2D eigenvalue weighted by Crippen LogP contribution is 2.23. The number of benzene rings is 1. The lowest BCUT2D eigenvalue weighted by Crippen LogP contribution is -2.39. The number of aromatic nitrogens is 2. The summed E-state index contributed by atoms with van der Waals surface area (Å²) < 4.78 is 1.74. The summed E-state index contributed by atoms with van der Waals surface area (Å²) >= 11 is 8.10. The molecule has 0 saturated carbocycles. The quantitative estimate of drug-likeness (QED) is 0.814. The fourth-order valence-electron chi connectivity index (χ4n) is 2.29. The smallest absolute Gasteiger partial charge is 0.137 e. The van der Waals surface area contributed by atoms with Gasteiger partial charge in [0.25, 0.3) is 0 Å². The molecule has 22 heavy (non-hydrogen) atoms. The van der Waals surface area contributed by atoms with Gasteiger partial charge in [-0.1, -0.05) is 29.8 Å². The molecule has 1 aromatic carbocycles. The molecule has 0 aliphatic carbocycles. The number of para-hydroxylation sites is 1. The van der Waals surface area contributed by atoms with Crippen LogP contribution in [-0.4, -0.2) is 39.0 Å². The first-order chi connectivity index (χ1) is 10.4. The van der Waals surface area contributed by atoms with Gasteiger partial charge in [-0.15, -0.1) is 0 Å². The number of hydrogen-bond donors (Lipinski definition) is 2. The van der Waals surface area contributed by atoms with E-state index in [0.29, 0.717) is 24.0 Å². The van der Waals surface area contributed by atoms with Gasteiger partial charge in [0.2, 0.25) is 0 Å². The van der Waals surface area contributed by atoms with Crippen LogP contribution in [0.4, 0.5) is 0 Å². The molecule has 4 nitrogen and oxygen atoms in total. The molecule has 2 aromatic rings. The zero-order chi connectivity index (χ0) is 16.2. The minimum absolute atomic E-state index is 0.514. The average Bonchev–Trinajstić information content (AvgIpc) is 2.76. The zero-order valence-electron chi connectivity index (χ0n) is 13.1. The lowest BCUT2D eigenvalue weighted by Gasteiger charge is -2.22. The molecule has 2 N–H and O–H groups in total. The van der Waals surface area contributed by atoms with Crippen molar-refractivity contribution in [3.8, 4) is 5.69 Å². The molecule has 0 bridgehead atoms. The number of aryl methyl sites for hydroxylation is 1. The molecule has 1 heterocycles. The van der Waals surface area contributed by atoms with Gasteiger partial charge in [-0.05, 0) is 32.2 Å². The molecule has 1 unspecified atom stereocenters. The second kappa shape index (κ2) is 7.51. The van der Waals surface area contributed by atoms with Crippen LogP contribution in [0.1, 0.15) is 18.2 Å². The van der Waals surface area contributed by atoms with E-state index in [-0.39, 0.29) is 0 Å². The van der Waals surface area contributed by atoms with Crippen LogP contribution >= 0.6 is 23.4 Å². The number of nitrogens with zero attached hydrogens (tertiary/aromatic N) is 2. The first-order valence-corrected chi connectivity index (χ1v) is 8.93. The van der Waals surface area contributed by atoms with Gasteiger partial charge in [0.1, 0.15) is 5.15 Å². The largest absolute Gasteiger partial charge is 0.388 e. The maximum absolute atomic E-state index is 10.2. The van der Waals surface area contributed by atoms with Crippen molar-refractivity contribution in [1.82, 2.24) is 15.1 Å². The van der Waals surface area contributed by atoms with E-state index in [0.717, 1.165) is 16.9 Å². The first kappa shape index (κ1) is 17.3. The molecular formula is C16H22ClN3OS. The monoisotopic (exact) mass is 339 g/mol. The fraction of sp³-hybridized carbons (Fsp3) is 0.438. The van der Waals surface area contributed by atoms with Gasteiger partial charge in [0.05, 0.1) is 17.0 Å². The van der Waals surface area contributed by atoms with Crippen molar-refractivity contribution >= 4 is 23.4 Å². The summed E-state index contributed by atoms with van der Waals surface area (Å²) in [5.41, 5.74) is 2.07. The van der Waals surface area contributed by atoms with Crippen LogP contribution in [0, 0.1) is 6.92 Å². The van der Waals surface area contributed by atoms with Gasteiger partial charge in [0, 0.05) is 24.4 Å². The summed E-state index contributed by atoms with van der Waals surface area (Å²) in [6.45, 7) is 4.88. The third-order valence-corrected chi connectivity index (χ3v) is 4.68. The summed E-state index contributed by atoms with van der Waals surface area (Å²) in [7, 11) is 0. The summed E-state index contributed by atoms with van der Waals surface area (Å²) in [5, 5.41) is 18.6. The van der Waals surface area contributed by atoms with E-state index >= 15 is 0 Å². The van der Waals surface area contributed by atoms with E-state index in [1.54, 1.807) is 16.4 Å². The lowest BCUT2D eigenvalue weighted by molar-refractivity contribution is 0.0845. The Labute approximate surface area is 140 Å². The Kier molecular flexibility index (Phi) is 5.92. The Balaban J connectivity index is 2.08. The van der Waals surface area contributed by atoms with Gasteiger partial charge in [0.15, 0.2) is 0 Å². The van der Waals surface area contributed by atoms with Gasteiger partial charge in [-0.3, -0.25) is 0 Å². The number of nitrogens with one attached hydrogen (secondary N) is 1. The van der Waals surface area contributed by atoms with E-state index in [4.69, 9.17) is 11.6 Å². The highest BCUT2D eigenvalue weighted by atomic mass is 35.5. The van der Waals surface area contributed by atoms with Crippen LogP contribution < -0.4 is 5.32 Å². The van der Waals surface area contributed by atoms with E-state index in [9.17, 15) is 5.11 Å². The Bertz CT molecular complexity index is 613. The van der Waals surface area contributed by atoms with Gasteiger partial charge in [-0.25, -0.2) is 4.68 Å². The molecule has 1 aromatic heterocycles. The van der Waals surface area contributed by atoms with E-state index < -0.39 is 5.60 Å². The predicted molar refractivity (Wildman–Crippen MR) is 94.0 cm³/mol. The molecular weight excluding hydrogens is 318 g/mol. The molecule has 0 aliphatic rings. The van der Waals surface area contributed by atoms with Crippen molar-refractivity contribution in [1.29, 1.82) is 0 Å². The molecule has 2 rings (SSSR count). The molecule has 0 saturated heterocycles. The Morgan fingerprint density at radius 1 is 1.36 bits per heavy atom. The molecule has 120 valence electrons. The number of hydrogen-bond acceptors (Lipinski definition) is 4. The van der Waals surface area contributed by atoms with E-state index in [2.05, 4.69) is 10.4 Å². The average molecular weight is 340 g/mol. The maximum Gasteiger partial charge on any atom is 0.137 e. The van der Waals surface area contributed by atoms with Gasteiger partial charge >= 0.3 is 0 Å². The van der Waals surface area contributed by atoms with Crippen molar-refractivity contribution in [2.24, 2.45) is 0 Å². The molecule has 0 fully saturated rings. The summed E-state index contributed by atoms with van der Waals surface area (Å²) in [6, 6.07) is 9.82. The number of rotatable bonds is 7. The Hall–Kier alpha value is -1.01. The first-order valence-electron chi connectivity index (χ1n) is 7.16. The second-order valence-electron chi connectivity index (χ2n) is 5.64. The normalized spacial score (nSPS) is 14.0. The predicted octanol–water partition coefficient (Wildman–Crippen LogP) is 3.04. The third kappa shape index (κ3) is 4.26. The zero-order valence-corrected chi connectivity index (χ0v) is 14.7. The SMILES string of the molecule is CSCC(C)(O)CNCc1c(C)nn(-c2ccccc2)c1Cl. The van der Waals surface area contributed by atoms with Crippen LogP contribution in [0.5, 0.6) is 0 Å². The maximum atomic E-state index is 10.2. The van der Waals surface area contributed by atoms with Crippen LogP contribution in [0.25, 0.3) is 5.69 Å². The minimum Gasteiger partial charge on any atom is -0.388 e. The van der Waals surface area contributed by atoms with Crippen molar-refractivity contribution in [3.05, 3.63) is 46.7 Å². The summed E-state index contributed by atoms with van der Waals surface area (Å²) in [4.78, 5) is 0. The molecule has 0 radical (unpaired) electrons. The van der Waals surface area contributed by atoms with Crippen LogP contribution in [0.15, 0.2) is 30.3 Å². The second-order valence-corrected chi connectivity index (χ2v) is 6.86. The molecule has 0 aliphatic heterocycles. The molecule has 0 amide bonds. The van der Waals surface area contributed by atoms with Crippen LogP contribution in [0.2, 0.25) is 5.15 Å². The number of halogens is 1. The van der Waals surface area contributed by atoms with Gasteiger partial charge in [-0.2, -0.15) is 16.9 Å². The molecule has 1 atom stereocenters. The van der Waals surface area contributed by atoms with Gasteiger partial charge < -0.3 is 10.4 Å². The summed E-state index contributed by atoms with van der Waals surface area (Å²) in [6.07, 6.45) is 1.99. The lowest BCUT2D eigenvalue weighted by atomic mass is 10.1. The van der Waals surface area contributed by atoms with Crippen LogP contribution in [0.3, 0.4) is 0 Å². The van der Waals surface area contributed by atoms with Crippen molar-refractivity contribution < 1.29 is 5.11 Å². The van der Waals surface area contributed by atoms with Crippen molar-refractivity contribution in [2.45, 2.75) is 26.0 Å². The Morgan fingerprint density at radius 2 is 2.05 bits per heavy atom. The molecule has 6 heteroatoms. The highest BCUT2D eigenvalue weighted by Gasteiger charge is 2.20. The standard InChI is InChI=1S/C16H22ClN3OS/c1-12-14(9-18-10-16(2,21)11-22-3)15(17)20(19-12)13-7-5-4-6-8-13/h4-8,18,21H,9-11H2,1-3H3. The number of aliphatic hydroxyl groups is 1. The highest BCUT2D eigenvalue weighted by molar-refractivity contribution is 7.98. The van der Waals surface area contributed by atoms with Crippen molar-refractivity contribution in [2.75, 3.05) is 18.6 Å². The van der Waals surface area contributed by atoms with Crippen LogP contribution in [-0.2, 0) is 6.54 Å². The minimum atomic E-state index is -0.727. The topological polar surface area (TPSA) is 50.1 Å². The summed E-state index contributed by atoms with van der Waals surface area (Å²) in [5.74, 6) is 0.690. The fourth-order valence-corrected chi connectivity index (χ4v) is 3.35. The number of thioether (sulfide) groups is 1. The third-order valence-electron chi connectivity index (χ3n) is 3.39.